The fraction of sp³-hybridized carbons (Fsp3) is 0.402. The van der Waals surface area contributed by atoms with E-state index in [4.69, 9.17) is 66.7 Å². The van der Waals surface area contributed by atoms with Gasteiger partial charge in [0.05, 0.1) is 31.7 Å². The van der Waals surface area contributed by atoms with Crippen LogP contribution in [0.15, 0.2) is 242 Å². The van der Waals surface area contributed by atoms with E-state index in [2.05, 4.69) is 125 Å². The number of methoxy groups -OCH3 is 2. The summed E-state index contributed by atoms with van der Waals surface area (Å²) in [5.74, 6) is -0.0264. The Kier molecular flexibility index (Phi) is 28.9. The molecule has 0 saturated carbocycles. The lowest BCUT2D eigenvalue weighted by molar-refractivity contribution is -0.157. The number of nitrogens with zero attached hydrogens (tertiary/aromatic N) is 7. The van der Waals surface area contributed by atoms with Crippen LogP contribution in [0.2, 0.25) is 36.3 Å². The highest BCUT2D eigenvalue weighted by molar-refractivity contribution is 6.74. The summed E-state index contributed by atoms with van der Waals surface area (Å²) in [6.07, 6.45) is -2.59. The van der Waals surface area contributed by atoms with E-state index in [-0.39, 0.29) is 67.0 Å². The molecule has 2 aliphatic rings. The minimum absolute atomic E-state index is 0.0231. The molecule has 0 spiro atoms. The molecule has 2 saturated heterocycles. The van der Waals surface area contributed by atoms with E-state index in [0.29, 0.717) is 39.6 Å². The smallest absolute Gasteiger partial charge is 0.408 e. The van der Waals surface area contributed by atoms with E-state index >= 15 is 4.79 Å². The third-order valence-electron chi connectivity index (χ3n) is 24.9. The quantitative estimate of drug-likeness (QED) is 0.0149. The van der Waals surface area contributed by atoms with E-state index in [9.17, 15) is 19.2 Å². The zero-order valence-corrected chi connectivity index (χ0v) is 79.8. The van der Waals surface area contributed by atoms with Gasteiger partial charge in [-0.05, 0) is 186 Å². The molecule has 25 nitrogen and oxygen atoms in total. The van der Waals surface area contributed by atoms with Crippen molar-refractivity contribution < 1.29 is 65.9 Å². The van der Waals surface area contributed by atoms with Gasteiger partial charge in [-0.3, -0.25) is 9.13 Å². The first-order chi connectivity index (χ1) is 61.2. The second kappa shape index (κ2) is 39.3. The lowest BCUT2D eigenvalue weighted by Gasteiger charge is -2.44. The van der Waals surface area contributed by atoms with Crippen molar-refractivity contribution in [3.05, 3.63) is 309 Å². The number of benzene rings is 8. The molecule has 2 aliphatic heterocycles. The monoisotopic (exact) mass is 1780 g/mol. The van der Waals surface area contributed by atoms with E-state index in [0.717, 1.165) is 44.5 Å². The van der Waals surface area contributed by atoms with Gasteiger partial charge in [0.2, 0.25) is 0 Å². The van der Waals surface area contributed by atoms with Crippen molar-refractivity contribution in [2.24, 2.45) is 0 Å². The number of ether oxygens (including phenoxy) is 8. The molecule has 8 atom stereocenters. The number of hydrogen-bond donors (Lipinski definition) is 3. The second-order valence-corrected chi connectivity index (χ2v) is 48.0. The summed E-state index contributed by atoms with van der Waals surface area (Å²) >= 11 is 0. The molecule has 3 aromatic heterocycles. The third kappa shape index (κ3) is 22.1. The number of anilines is 2. The van der Waals surface area contributed by atoms with Gasteiger partial charge in [-0.2, -0.15) is 4.98 Å². The van der Waals surface area contributed by atoms with Crippen LogP contribution in [0.25, 0.3) is 11.2 Å². The molecule has 0 aliphatic carbocycles. The van der Waals surface area contributed by atoms with Gasteiger partial charge in [0.25, 0.3) is 0 Å². The fourth-order valence-electron chi connectivity index (χ4n) is 15.9. The van der Waals surface area contributed by atoms with Crippen molar-refractivity contribution in [2.45, 2.75) is 224 Å². The Hall–Kier alpha value is -11.7. The lowest BCUT2D eigenvalue weighted by Crippen LogP contribution is -2.55. The van der Waals surface area contributed by atoms with Crippen LogP contribution >= 0.6 is 0 Å². The van der Waals surface area contributed by atoms with Gasteiger partial charge < -0.3 is 67.6 Å². The maximum atomic E-state index is 15.9. The molecule has 129 heavy (non-hydrogen) atoms. The summed E-state index contributed by atoms with van der Waals surface area (Å²) in [6, 6.07) is 68.7. The molecule has 1 amide bonds. The summed E-state index contributed by atoms with van der Waals surface area (Å²) in [5.41, 5.74) is 3.98. The number of nitrogens with one attached hydrogen (secondary N) is 3. The molecule has 27 heteroatoms. The first-order valence-corrected chi connectivity index (χ1v) is 50.0. The molecule has 8 aromatic carbocycles. The van der Waals surface area contributed by atoms with Crippen molar-refractivity contribution in [3.63, 3.8) is 0 Å². The van der Waals surface area contributed by atoms with Crippen LogP contribution in [0, 0.1) is 13.8 Å². The maximum absolute atomic E-state index is 15.9. The van der Waals surface area contributed by atoms with Crippen LogP contribution in [-0.2, 0) is 59.6 Å². The molecule has 11 aromatic rings. The molecule has 3 N–H and O–H groups in total. The zero-order valence-electron chi connectivity index (χ0n) is 77.8. The lowest BCUT2D eigenvalue weighted by atomic mass is 9.77. The Morgan fingerprint density at radius 1 is 0.527 bits per heavy atom. The number of aromatic nitrogens is 6. The van der Waals surface area contributed by atoms with Gasteiger partial charge in [-0.25, -0.2) is 38.9 Å². The molecular formula is C102H124N10O15Si2. The van der Waals surface area contributed by atoms with Crippen LogP contribution in [0.3, 0.4) is 0 Å². The summed E-state index contributed by atoms with van der Waals surface area (Å²) in [6.45, 7) is 36.5. The third-order valence-corrected chi connectivity index (χ3v) is 33.8. The largest absolute Gasteiger partial charge is 0.497 e. The molecule has 2 fully saturated rings. The summed E-state index contributed by atoms with van der Waals surface area (Å²) in [4.78, 5) is 96.1. The number of carbonyl (C=O) groups excluding carboxylic acids is 4. The van der Waals surface area contributed by atoms with Gasteiger partial charge in [0.1, 0.15) is 95.3 Å². The average molecular weight is 1790 g/mol. The standard InChI is InChI=1S/C102H124N10O15Si2/c1-67-41-45-69(46-42-67)92(113)120-64-83-81(123-93(114)70-47-43-68(2)44-48-70)61-84(121-83)111-62-71(88(107-95(111)116)108-101(72-33-25-21-26-34-72,73-35-27-22-28-36-73)76-49-53-78(118-15)54-50-76)57-59-110(60-58-80(94(115)124-97(3,4)5)106-96(117)125-98(6,7)8)63-82-86(126-128(17,18)99(9,10)11)87(127-129(19,20)100(12,13)14)91(122-82)112-66-105-85-89(103-65-104-90(85)112)109-102(74-37-29-23-30-38-74,75-39-31-24-32-40-75)77-51-55-79(119-16)56-52-77/h21-56,62,65-66,80-84,86-87,91H,57-61,63-64H2,1-20H3,(H,106,117)(H,103,104,109)(H,107,108,116)/t80-,81-,82+,83+,84-,86+,87+,91+/m0/s1. The fourth-order valence-corrected chi connectivity index (χ4v) is 18.5. The number of hydrogen-bond acceptors (Lipinski definition) is 22. The predicted molar refractivity (Wildman–Crippen MR) is 505 cm³/mol. The summed E-state index contributed by atoms with van der Waals surface area (Å²) in [5, 5.41) is 10.1. The molecule has 0 radical (unpaired) electrons. The van der Waals surface area contributed by atoms with Crippen molar-refractivity contribution in [2.75, 3.05) is 51.1 Å². The molecular weight excluding hydrogens is 1660 g/mol. The second-order valence-electron chi connectivity index (χ2n) is 38.5. The maximum Gasteiger partial charge on any atom is 0.408 e. The molecule has 0 unspecified atom stereocenters. The van der Waals surface area contributed by atoms with Crippen molar-refractivity contribution in [3.8, 4) is 11.5 Å². The molecule has 13 rings (SSSR count). The van der Waals surface area contributed by atoms with Crippen LogP contribution in [-0.4, -0.2) is 163 Å². The van der Waals surface area contributed by atoms with E-state index in [1.165, 1.54) is 10.9 Å². The number of amides is 1. The van der Waals surface area contributed by atoms with Crippen molar-refractivity contribution in [1.82, 2.24) is 39.3 Å². The minimum atomic E-state index is -2.90. The number of esters is 3. The van der Waals surface area contributed by atoms with Crippen molar-refractivity contribution >= 4 is 63.4 Å². The highest BCUT2D eigenvalue weighted by atomic mass is 28.4. The van der Waals surface area contributed by atoms with Gasteiger partial charge >= 0.3 is 29.7 Å². The predicted octanol–water partition coefficient (Wildman–Crippen LogP) is 19.0. The van der Waals surface area contributed by atoms with Crippen LogP contribution < -0.4 is 31.1 Å². The Morgan fingerprint density at radius 2 is 0.992 bits per heavy atom. The summed E-state index contributed by atoms with van der Waals surface area (Å²) in [7, 11) is -2.52. The number of imidazole rings is 1. The van der Waals surface area contributed by atoms with Gasteiger partial charge in [-0.15, -0.1) is 0 Å². The van der Waals surface area contributed by atoms with Gasteiger partial charge in [0.15, 0.2) is 39.8 Å². The summed E-state index contributed by atoms with van der Waals surface area (Å²) < 4.78 is 70.0. The zero-order chi connectivity index (χ0) is 92.6. The molecule has 5 heterocycles. The SMILES string of the molecule is COc1ccc(C(Nc2nc(=O)n([C@@H]3C[C@H](OC(=O)c4ccc(C)cc4)[C@@H](COC(=O)c4ccc(C)cc4)O3)cc2CCN(CC[C@H](NC(=O)OC(C)(C)C)C(=O)OC(C)(C)C)C[C@H]2O[C@@H](n3cnc4c(NC(c5ccccc5)(c5ccccc5)c5ccc(OC)cc5)ncnc43)[C@H](O[Si](C)(C)C(C)(C)C)[C@@H]2O[Si](C)(C)C(C)(C)C)(c2ccccc2)c2ccccc2)cc1. The first-order valence-electron chi connectivity index (χ1n) is 44.2. The highest BCUT2D eigenvalue weighted by Gasteiger charge is 2.56. The van der Waals surface area contributed by atoms with Crippen LogP contribution in [0.1, 0.15) is 179 Å². The van der Waals surface area contributed by atoms with E-state index in [1.807, 2.05) is 176 Å². The number of alkyl carbamates (subject to hydrolysis) is 1. The Balaban J connectivity index is 0.980. The normalized spacial score (nSPS) is 17.9. The minimum Gasteiger partial charge on any atom is -0.497 e. The molecule has 680 valence electrons. The number of rotatable bonds is 33. The van der Waals surface area contributed by atoms with Crippen molar-refractivity contribution in [1.29, 1.82) is 0 Å². The van der Waals surface area contributed by atoms with E-state index < -0.39 is 118 Å². The first kappa shape index (κ1) is 94.9. The van der Waals surface area contributed by atoms with Crippen LogP contribution in [0.4, 0.5) is 16.4 Å². The Morgan fingerprint density at radius 3 is 1.47 bits per heavy atom. The van der Waals surface area contributed by atoms with Crippen LogP contribution in [0.5, 0.6) is 11.5 Å². The van der Waals surface area contributed by atoms with Gasteiger partial charge in [0, 0.05) is 37.8 Å². The number of aryl methyl sites for hydroxylation is 2. The topological polar surface area (TPSA) is 278 Å². The van der Waals surface area contributed by atoms with Gasteiger partial charge in [-0.1, -0.05) is 223 Å². The number of carbonyl (C=O) groups is 4. The van der Waals surface area contributed by atoms with E-state index in [1.54, 1.807) is 92.6 Å². The average Bonchev–Trinajstić information content (AvgIpc) is 1.50. The number of fused-ring (bicyclic) bond motifs is 1. The molecule has 0 bridgehead atoms. The highest BCUT2D eigenvalue weighted by Crippen LogP contribution is 2.49. The Labute approximate surface area is 759 Å². The Bertz CT molecular complexity index is 5630.